The summed E-state index contributed by atoms with van der Waals surface area (Å²) >= 11 is 0. The number of azide groups is 1. The summed E-state index contributed by atoms with van der Waals surface area (Å²) in [7, 11) is 0. The molecule has 3 rings (SSSR count). The van der Waals surface area contributed by atoms with Crippen molar-refractivity contribution in [2.45, 2.75) is 19.8 Å². The Morgan fingerprint density at radius 2 is 1.45 bits per heavy atom. The van der Waals surface area contributed by atoms with E-state index in [4.69, 9.17) is 58.0 Å². The number of rotatable bonds is 10. The Morgan fingerprint density at radius 3 is 1.86 bits per heavy atom. The predicted octanol–water partition coefficient (Wildman–Crippen LogP) is 0.617. The van der Waals surface area contributed by atoms with Gasteiger partial charge in [0.2, 0.25) is 0 Å². The Hall–Kier alpha value is -4.01. The maximum absolute atomic E-state index is 8.41. The van der Waals surface area contributed by atoms with Crippen LogP contribution in [0.2, 0.25) is 0 Å². The molecule has 1 aromatic heterocycles. The third kappa shape index (κ3) is 18.4. The Bertz CT molecular complexity index is 1190. The van der Waals surface area contributed by atoms with Gasteiger partial charge in [-0.2, -0.15) is 0 Å². The second kappa shape index (κ2) is 25.9. The van der Waals surface area contributed by atoms with Crippen molar-refractivity contribution in [3.05, 3.63) is 89.6 Å². The molecular formula is C23H33ClN11O6Pt-. The van der Waals surface area contributed by atoms with E-state index >= 15 is 0 Å². The van der Waals surface area contributed by atoms with Crippen LogP contribution in [0.15, 0.2) is 53.6 Å². The Kier molecular flexibility index (Phi) is 26.2. The summed E-state index contributed by atoms with van der Waals surface area (Å²) in [6, 6.07) is 16.3. The number of hydrogen-bond acceptors (Lipinski definition) is 12. The van der Waals surface area contributed by atoms with Crippen molar-refractivity contribution in [1.82, 2.24) is 9.88 Å². The van der Waals surface area contributed by atoms with Crippen LogP contribution >= 0.6 is 0 Å². The van der Waals surface area contributed by atoms with E-state index in [9.17, 15) is 0 Å². The number of anilines is 1. The first-order chi connectivity index (χ1) is 19.1. The van der Waals surface area contributed by atoms with Gasteiger partial charge in [0.05, 0.1) is 32.7 Å². The summed E-state index contributed by atoms with van der Waals surface area (Å²) in [5.74, 6) is 0.604. The van der Waals surface area contributed by atoms with Gasteiger partial charge >= 0.3 is 21.1 Å². The topological polar surface area (TPSA) is 285 Å². The van der Waals surface area contributed by atoms with Gasteiger partial charge in [0.1, 0.15) is 0 Å². The van der Waals surface area contributed by atoms with Gasteiger partial charge in [-0.25, -0.2) is 4.98 Å². The zero-order valence-electron chi connectivity index (χ0n) is 22.7. The maximum Gasteiger partial charge on any atom is 2.00 e. The van der Waals surface area contributed by atoms with Crippen LogP contribution in [-0.2, 0) is 21.1 Å². The van der Waals surface area contributed by atoms with Crippen molar-refractivity contribution in [1.29, 1.82) is 5.41 Å². The Morgan fingerprint density at radius 1 is 1.00 bits per heavy atom. The van der Waals surface area contributed by atoms with E-state index in [1.165, 1.54) is 0 Å². The molecule has 0 aliphatic carbocycles. The number of pyridine rings is 1. The van der Waals surface area contributed by atoms with E-state index in [0.29, 0.717) is 51.5 Å². The van der Waals surface area contributed by atoms with Crippen molar-refractivity contribution >= 4 is 33.3 Å². The molecule has 234 valence electrons. The van der Waals surface area contributed by atoms with Crippen LogP contribution in [0.4, 0.5) is 5.69 Å². The smallest absolute Gasteiger partial charge is 1.00 e. The molecule has 0 saturated heterocycles. The monoisotopic (exact) mass is 789 g/mol. The number of halogens is 1. The Labute approximate surface area is 262 Å². The summed E-state index contributed by atoms with van der Waals surface area (Å²) in [5, 5.41) is 47.1. The fraction of sp³-hybridized carbons (Fsp3) is 0.391. The molecule has 0 unspecified atom stereocenters. The minimum absolute atomic E-state index is 0. The predicted molar refractivity (Wildman–Crippen MR) is 155 cm³/mol. The first-order valence-corrected chi connectivity index (χ1v) is 12.0. The van der Waals surface area contributed by atoms with E-state index in [0.717, 1.165) is 33.9 Å². The molecule has 0 bridgehead atoms. The molecule has 0 saturated carbocycles. The zero-order valence-corrected chi connectivity index (χ0v) is 25.7. The molecule has 42 heavy (non-hydrogen) atoms. The van der Waals surface area contributed by atoms with Crippen LogP contribution < -0.4 is 29.2 Å². The molecule has 1 heterocycles. The van der Waals surface area contributed by atoms with Gasteiger partial charge in [0.25, 0.3) is 0 Å². The van der Waals surface area contributed by atoms with Gasteiger partial charge < -0.3 is 64.7 Å². The molecule has 0 atom stereocenters. The molecule has 2 aromatic carbocycles. The number of nitrogens with one attached hydrogen (secondary N) is 2. The summed E-state index contributed by atoms with van der Waals surface area (Å²) in [4.78, 5) is 26.1. The molecule has 19 heteroatoms. The number of amidine groups is 1. The number of benzene rings is 2. The van der Waals surface area contributed by atoms with Crippen molar-refractivity contribution in [2.75, 3.05) is 44.6 Å². The summed E-state index contributed by atoms with van der Waals surface area (Å²) in [6.07, 6.45) is 1.43. The SMILES string of the molecule is CCC(=N)N(CCCN=[N+]=[N-])CCNc1c2ccccc2nc2ccccc12.NCCN.O=[N+]([O-])[O-].O=[N+]([O-])[O-].[Cl-].[Pt+2]. The number of hydrogen-bond donors (Lipinski definition) is 4. The first kappa shape index (κ1) is 42.5. The van der Waals surface area contributed by atoms with E-state index in [1.54, 1.807) is 0 Å². The molecular weight excluding hydrogens is 757 g/mol. The molecule has 3 aromatic rings. The van der Waals surface area contributed by atoms with Gasteiger partial charge in [-0.15, -0.1) is 0 Å². The third-order valence-corrected chi connectivity index (χ3v) is 4.90. The maximum atomic E-state index is 8.41. The van der Waals surface area contributed by atoms with Crippen LogP contribution in [0.3, 0.4) is 0 Å². The van der Waals surface area contributed by atoms with Crippen LogP contribution in [0, 0.1) is 36.1 Å². The fourth-order valence-electron chi connectivity index (χ4n) is 3.33. The summed E-state index contributed by atoms with van der Waals surface area (Å²) < 4.78 is 0. The average molecular weight is 790 g/mol. The standard InChI is InChI=1S/C21H25N7.C2H8N2.ClH.2NO3.Pt/c1-2-20(22)28(14-7-12-25-27-23)15-13-24-21-16-8-3-5-10-18(16)26-19-11-6-4-9-17(19)21;3-1-2-4;;2*2-1(3)4;/h3-6,8-11,22H,2,7,12-15H2,1H3,(H,24,26);1-4H2;1H;;;/q;;;2*-1;+2/p-1. The molecule has 0 radical (unpaired) electrons. The molecule has 0 aliphatic heterocycles. The van der Waals surface area contributed by atoms with E-state index < -0.39 is 10.2 Å². The van der Waals surface area contributed by atoms with E-state index in [-0.39, 0.29) is 33.5 Å². The first-order valence-electron chi connectivity index (χ1n) is 12.0. The Balaban J connectivity index is -0.000000928. The van der Waals surface area contributed by atoms with Gasteiger partial charge in [0, 0.05) is 61.4 Å². The molecule has 6 N–H and O–H groups in total. The second-order valence-electron chi connectivity index (χ2n) is 7.57. The van der Waals surface area contributed by atoms with Crippen molar-refractivity contribution in [3.63, 3.8) is 0 Å². The van der Waals surface area contributed by atoms with E-state index in [1.807, 2.05) is 48.2 Å². The molecule has 0 amide bonds. The van der Waals surface area contributed by atoms with Gasteiger partial charge in [0.15, 0.2) is 0 Å². The normalized spacial score (nSPS) is 8.93. The third-order valence-electron chi connectivity index (χ3n) is 4.90. The molecule has 17 nitrogen and oxygen atoms in total. The summed E-state index contributed by atoms with van der Waals surface area (Å²) in [5.41, 5.74) is 21.2. The number of nitrogens with two attached hydrogens (primary N) is 2. The number of para-hydroxylation sites is 2. The van der Waals surface area contributed by atoms with Crippen LogP contribution in [0.1, 0.15) is 19.8 Å². The van der Waals surface area contributed by atoms with Crippen molar-refractivity contribution in [2.24, 2.45) is 16.6 Å². The van der Waals surface area contributed by atoms with Crippen LogP contribution in [-0.4, -0.2) is 65.2 Å². The van der Waals surface area contributed by atoms with Gasteiger partial charge in [-0.05, 0) is 24.1 Å². The van der Waals surface area contributed by atoms with Gasteiger partial charge in [-0.3, -0.25) is 5.41 Å². The second-order valence-corrected chi connectivity index (χ2v) is 7.57. The van der Waals surface area contributed by atoms with Crippen LogP contribution in [0.5, 0.6) is 0 Å². The number of aromatic nitrogens is 1. The molecule has 0 fully saturated rings. The van der Waals surface area contributed by atoms with E-state index in [2.05, 4.69) is 27.5 Å². The van der Waals surface area contributed by atoms with Crippen LogP contribution in [0.25, 0.3) is 32.2 Å². The quantitative estimate of drug-likeness (QED) is 0.0254. The zero-order chi connectivity index (χ0) is 30.3. The summed E-state index contributed by atoms with van der Waals surface area (Å²) in [6.45, 7) is 5.78. The van der Waals surface area contributed by atoms with Gasteiger partial charge in [-0.1, -0.05) is 48.4 Å². The molecule has 0 spiro atoms. The van der Waals surface area contributed by atoms with Crippen molar-refractivity contribution < 1.29 is 43.6 Å². The minimum Gasteiger partial charge on any atom is -1.00 e. The number of nitrogens with zero attached hydrogens (tertiary/aromatic N) is 7. The average Bonchev–Trinajstić information content (AvgIpc) is 2.93. The molecule has 0 aliphatic rings. The fourth-order valence-corrected chi connectivity index (χ4v) is 3.33. The largest absolute Gasteiger partial charge is 2.00 e. The van der Waals surface area contributed by atoms with Crippen molar-refractivity contribution in [3.8, 4) is 0 Å². The number of fused-ring (bicyclic) bond motifs is 2. The minimum atomic E-state index is -1.75.